The van der Waals surface area contributed by atoms with Gasteiger partial charge in [-0.2, -0.15) is 0 Å². The van der Waals surface area contributed by atoms with E-state index >= 15 is 0 Å². The second kappa shape index (κ2) is 6.57. The van der Waals surface area contributed by atoms with E-state index in [1.165, 1.54) is 11.1 Å². The van der Waals surface area contributed by atoms with Crippen LogP contribution in [0, 0.1) is 6.92 Å². The molecule has 4 nitrogen and oxygen atoms in total. The number of hydrogen-bond donors (Lipinski definition) is 0. The SMILES string of the molecule is Cc1ccc(C[C@@H]2CCCN2C(=O)c2cc(C(C)C)on2)cc1. The molecule has 0 saturated carbocycles. The number of rotatable bonds is 4. The van der Waals surface area contributed by atoms with Gasteiger partial charge in [-0.3, -0.25) is 4.79 Å². The first-order valence-electron chi connectivity index (χ1n) is 8.37. The van der Waals surface area contributed by atoms with E-state index in [0.717, 1.165) is 31.6 Å². The zero-order chi connectivity index (χ0) is 16.4. The first-order chi connectivity index (χ1) is 11.0. The minimum Gasteiger partial charge on any atom is -0.360 e. The average molecular weight is 312 g/mol. The lowest BCUT2D eigenvalue weighted by molar-refractivity contribution is 0.0726. The van der Waals surface area contributed by atoms with Crippen molar-refractivity contribution in [3.63, 3.8) is 0 Å². The fourth-order valence-corrected chi connectivity index (χ4v) is 3.12. The molecule has 0 unspecified atom stereocenters. The highest BCUT2D eigenvalue weighted by molar-refractivity contribution is 5.92. The summed E-state index contributed by atoms with van der Waals surface area (Å²) >= 11 is 0. The Hall–Kier alpha value is -2.10. The van der Waals surface area contributed by atoms with E-state index in [2.05, 4.69) is 36.3 Å². The molecule has 3 rings (SSSR count). The number of hydrogen-bond acceptors (Lipinski definition) is 3. The van der Waals surface area contributed by atoms with Crippen molar-refractivity contribution in [2.24, 2.45) is 0 Å². The molecular weight excluding hydrogens is 288 g/mol. The second-order valence-electron chi connectivity index (χ2n) is 6.75. The van der Waals surface area contributed by atoms with Gasteiger partial charge in [0, 0.05) is 24.6 Å². The zero-order valence-electron chi connectivity index (χ0n) is 14.1. The average Bonchev–Trinajstić information content (AvgIpc) is 3.18. The number of carbonyl (C=O) groups is 1. The van der Waals surface area contributed by atoms with E-state index in [4.69, 9.17) is 4.52 Å². The van der Waals surface area contributed by atoms with Crippen molar-refractivity contribution < 1.29 is 9.32 Å². The Morgan fingerprint density at radius 1 is 1.35 bits per heavy atom. The van der Waals surface area contributed by atoms with Gasteiger partial charge in [0.25, 0.3) is 5.91 Å². The monoisotopic (exact) mass is 312 g/mol. The summed E-state index contributed by atoms with van der Waals surface area (Å²) in [5.41, 5.74) is 2.98. The molecule has 2 heterocycles. The van der Waals surface area contributed by atoms with E-state index in [0.29, 0.717) is 5.69 Å². The number of aryl methyl sites for hydroxylation is 1. The Balaban J connectivity index is 1.72. The number of aromatic nitrogens is 1. The Labute approximate surface area is 137 Å². The van der Waals surface area contributed by atoms with E-state index in [1.807, 2.05) is 18.7 Å². The van der Waals surface area contributed by atoms with Crippen molar-refractivity contribution in [2.45, 2.75) is 52.0 Å². The van der Waals surface area contributed by atoms with Crippen LogP contribution >= 0.6 is 0 Å². The summed E-state index contributed by atoms with van der Waals surface area (Å²) in [6.45, 7) is 6.96. The summed E-state index contributed by atoms with van der Waals surface area (Å²) in [4.78, 5) is 14.7. The first-order valence-corrected chi connectivity index (χ1v) is 8.37. The molecule has 0 N–H and O–H groups in total. The fourth-order valence-electron chi connectivity index (χ4n) is 3.12. The Morgan fingerprint density at radius 3 is 2.74 bits per heavy atom. The minimum absolute atomic E-state index is 0.00439. The second-order valence-corrected chi connectivity index (χ2v) is 6.75. The van der Waals surface area contributed by atoms with Crippen LogP contribution in [0.2, 0.25) is 0 Å². The highest BCUT2D eigenvalue weighted by Crippen LogP contribution is 2.24. The maximum Gasteiger partial charge on any atom is 0.276 e. The van der Waals surface area contributed by atoms with Crippen LogP contribution in [0.25, 0.3) is 0 Å². The Kier molecular flexibility index (Phi) is 4.51. The lowest BCUT2D eigenvalue weighted by Crippen LogP contribution is -2.37. The molecule has 23 heavy (non-hydrogen) atoms. The van der Waals surface area contributed by atoms with E-state index in [9.17, 15) is 4.79 Å². The number of carbonyl (C=O) groups excluding carboxylic acids is 1. The van der Waals surface area contributed by atoms with Gasteiger partial charge in [-0.25, -0.2) is 0 Å². The minimum atomic E-state index is -0.00439. The predicted octanol–water partition coefficient (Wildman–Crippen LogP) is 3.95. The normalized spacial score (nSPS) is 17.9. The third kappa shape index (κ3) is 3.46. The molecule has 2 aromatic rings. The highest BCUT2D eigenvalue weighted by atomic mass is 16.5. The molecule has 0 radical (unpaired) electrons. The first kappa shape index (κ1) is 15.8. The topological polar surface area (TPSA) is 46.3 Å². The fraction of sp³-hybridized carbons (Fsp3) is 0.474. The number of benzene rings is 1. The predicted molar refractivity (Wildman–Crippen MR) is 89.5 cm³/mol. The highest BCUT2D eigenvalue weighted by Gasteiger charge is 2.31. The van der Waals surface area contributed by atoms with Crippen LogP contribution < -0.4 is 0 Å². The van der Waals surface area contributed by atoms with E-state index in [-0.39, 0.29) is 17.9 Å². The molecule has 0 spiro atoms. The lowest BCUT2D eigenvalue weighted by atomic mass is 10.0. The van der Waals surface area contributed by atoms with Crippen molar-refractivity contribution in [3.8, 4) is 0 Å². The molecular formula is C19H24N2O2. The molecule has 4 heteroatoms. The van der Waals surface area contributed by atoms with Gasteiger partial charge in [0.2, 0.25) is 0 Å². The van der Waals surface area contributed by atoms with Crippen molar-refractivity contribution in [3.05, 3.63) is 52.9 Å². The van der Waals surface area contributed by atoms with Crippen LogP contribution in [0.1, 0.15) is 60.0 Å². The molecule has 0 bridgehead atoms. The molecule has 1 atom stereocenters. The van der Waals surface area contributed by atoms with Gasteiger partial charge in [0.05, 0.1) is 0 Å². The summed E-state index contributed by atoms with van der Waals surface area (Å²) in [7, 11) is 0. The van der Waals surface area contributed by atoms with E-state index in [1.54, 1.807) is 6.07 Å². The van der Waals surface area contributed by atoms with Crippen molar-refractivity contribution in [2.75, 3.05) is 6.54 Å². The molecule has 1 aromatic carbocycles. The Bertz CT molecular complexity index is 673. The van der Waals surface area contributed by atoms with Gasteiger partial charge >= 0.3 is 0 Å². The molecule has 122 valence electrons. The van der Waals surface area contributed by atoms with Gasteiger partial charge in [-0.15, -0.1) is 0 Å². The van der Waals surface area contributed by atoms with Crippen LogP contribution in [0.3, 0.4) is 0 Å². The van der Waals surface area contributed by atoms with Crippen LogP contribution in [0.4, 0.5) is 0 Å². The van der Waals surface area contributed by atoms with Gasteiger partial charge < -0.3 is 9.42 Å². The molecule has 1 fully saturated rings. The molecule has 1 aliphatic rings. The third-order valence-electron chi connectivity index (χ3n) is 4.55. The quantitative estimate of drug-likeness (QED) is 0.858. The lowest BCUT2D eigenvalue weighted by Gasteiger charge is -2.24. The van der Waals surface area contributed by atoms with Gasteiger partial charge in [-0.1, -0.05) is 48.8 Å². The summed E-state index contributed by atoms with van der Waals surface area (Å²) < 4.78 is 5.28. The number of nitrogens with zero attached hydrogens (tertiary/aromatic N) is 2. The summed E-state index contributed by atoms with van der Waals surface area (Å²) in [6, 6.07) is 10.6. The standard InChI is InChI=1S/C19H24N2O2/c1-13(2)18-12-17(20-23-18)19(22)21-10-4-5-16(21)11-15-8-6-14(3)7-9-15/h6-9,12-13,16H,4-5,10-11H2,1-3H3/t16-/m0/s1. The number of amides is 1. The van der Waals surface area contributed by atoms with Crippen molar-refractivity contribution in [1.29, 1.82) is 0 Å². The molecule has 1 aromatic heterocycles. The maximum absolute atomic E-state index is 12.7. The largest absolute Gasteiger partial charge is 0.360 e. The van der Waals surface area contributed by atoms with Crippen LogP contribution in [0.5, 0.6) is 0 Å². The summed E-state index contributed by atoms with van der Waals surface area (Å²) in [5, 5.41) is 3.97. The molecule has 0 aliphatic carbocycles. The smallest absolute Gasteiger partial charge is 0.276 e. The molecule has 1 amide bonds. The summed E-state index contributed by atoms with van der Waals surface area (Å²) in [6.07, 6.45) is 3.01. The zero-order valence-corrected chi connectivity index (χ0v) is 14.1. The molecule has 1 aliphatic heterocycles. The van der Waals surface area contributed by atoms with Gasteiger partial charge in [-0.05, 0) is 31.7 Å². The van der Waals surface area contributed by atoms with Crippen LogP contribution in [0.15, 0.2) is 34.9 Å². The van der Waals surface area contributed by atoms with Crippen molar-refractivity contribution >= 4 is 5.91 Å². The summed E-state index contributed by atoms with van der Waals surface area (Å²) in [5.74, 6) is 1.00. The maximum atomic E-state index is 12.7. The Morgan fingerprint density at radius 2 is 2.09 bits per heavy atom. The third-order valence-corrected chi connectivity index (χ3v) is 4.55. The molecule has 1 saturated heterocycles. The van der Waals surface area contributed by atoms with Crippen molar-refractivity contribution in [1.82, 2.24) is 10.1 Å². The van der Waals surface area contributed by atoms with Gasteiger partial charge in [0.1, 0.15) is 5.76 Å². The van der Waals surface area contributed by atoms with E-state index < -0.39 is 0 Å². The van der Waals surface area contributed by atoms with Gasteiger partial charge in [0.15, 0.2) is 5.69 Å². The number of likely N-dealkylation sites (tertiary alicyclic amines) is 1. The van der Waals surface area contributed by atoms with Crippen LogP contribution in [-0.4, -0.2) is 28.6 Å². The van der Waals surface area contributed by atoms with Crippen LogP contribution in [-0.2, 0) is 6.42 Å².